The SMILES string of the molecule is CC1(C)C(C#N)C1c1nc(Cc2ccccn2)no1. The van der Waals surface area contributed by atoms with Gasteiger partial charge in [-0.3, -0.25) is 4.98 Å². The standard InChI is InChI=1S/C14H14N4O/c1-14(2)10(8-15)12(14)13-17-11(18-19-13)7-9-5-3-4-6-16-9/h3-6,10,12H,7H2,1-2H3. The monoisotopic (exact) mass is 254 g/mol. The first-order chi connectivity index (χ1) is 9.13. The number of nitrogens with zero attached hydrogens (tertiary/aromatic N) is 4. The van der Waals surface area contributed by atoms with E-state index in [9.17, 15) is 0 Å². The Balaban J connectivity index is 1.77. The molecular formula is C14H14N4O. The number of hydrogen-bond acceptors (Lipinski definition) is 5. The molecule has 5 nitrogen and oxygen atoms in total. The molecule has 2 atom stereocenters. The van der Waals surface area contributed by atoms with Gasteiger partial charge in [-0.05, 0) is 17.5 Å². The van der Waals surface area contributed by atoms with Crippen molar-refractivity contribution in [2.75, 3.05) is 0 Å². The molecule has 19 heavy (non-hydrogen) atoms. The van der Waals surface area contributed by atoms with E-state index in [1.54, 1.807) is 6.20 Å². The fourth-order valence-electron chi connectivity index (χ4n) is 2.47. The highest BCUT2D eigenvalue weighted by atomic mass is 16.5. The van der Waals surface area contributed by atoms with E-state index in [0.717, 1.165) is 5.69 Å². The van der Waals surface area contributed by atoms with Crippen molar-refractivity contribution in [2.45, 2.75) is 26.2 Å². The molecule has 1 aliphatic rings. The Morgan fingerprint density at radius 2 is 2.26 bits per heavy atom. The van der Waals surface area contributed by atoms with Gasteiger partial charge in [0, 0.05) is 11.9 Å². The average molecular weight is 254 g/mol. The van der Waals surface area contributed by atoms with Crippen molar-refractivity contribution >= 4 is 0 Å². The van der Waals surface area contributed by atoms with E-state index in [0.29, 0.717) is 18.1 Å². The molecule has 1 aliphatic carbocycles. The summed E-state index contributed by atoms with van der Waals surface area (Å²) in [6.07, 6.45) is 2.29. The maximum atomic E-state index is 9.07. The van der Waals surface area contributed by atoms with Crippen molar-refractivity contribution in [3.63, 3.8) is 0 Å². The molecule has 0 bridgehead atoms. The van der Waals surface area contributed by atoms with Crippen LogP contribution in [0.3, 0.4) is 0 Å². The van der Waals surface area contributed by atoms with Crippen molar-refractivity contribution < 1.29 is 4.52 Å². The molecule has 2 unspecified atom stereocenters. The van der Waals surface area contributed by atoms with E-state index in [-0.39, 0.29) is 17.3 Å². The summed E-state index contributed by atoms with van der Waals surface area (Å²) in [5, 5.41) is 13.0. The van der Waals surface area contributed by atoms with Gasteiger partial charge in [0.25, 0.3) is 0 Å². The van der Waals surface area contributed by atoms with Crippen LogP contribution < -0.4 is 0 Å². The van der Waals surface area contributed by atoms with Gasteiger partial charge in [0.15, 0.2) is 5.82 Å². The lowest BCUT2D eigenvalue weighted by molar-refractivity contribution is 0.363. The van der Waals surface area contributed by atoms with Crippen LogP contribution in [0.2, 0.25) is 0 Å². The zero-order valence-corrected chi connectivity index (χ0v) is 10.9. The Labute approximate surface area is 111 Å². The smallest absolute Gasteiger partial charge is 0.231 e. The average Bonchev–Trinajstić information content (AvgIpc) is 2.72. The third-order valence-corrected chi connectivity index (χ3v) is 3.78. The van der Waals surface area contributed by atoms with Crippen molar-refractivity contribution in [3.05, 3.63) is 41.8 Å². The minimum absolute atomic E-state index is 0.0318. The summed E-state index contributed by atoms with van der Waals surface area (Å²) in [5.41, 5.74) is 0.838. The van der Waals surface area contributed by atoms with E-state index >= 15 is 0 Å². The Kier molecular flexibility index (Phi) is 2.59. The number of rotatable bonds is 3. The molecule has 0 amide bonds. The third kappa shape index (κ3) is 1.99. The third-order valence-electron chi connectivity index (χ3n) is 3.78. The van der Waals surface area contributed by atoms with Crippen molar-refractivity contribution in [2.24, 2.45) is 11.3 Å². The van der Waals surface area contributed by atoms with Crippen LogP contribution in [-0.4, -0.2) is 15.1 Å². The van der Waals surface area contributed by atoms with Crippen LogP contribution in [0.15, 0.2) is 28.9 Å². The van der Waals surface area contributed by atoms with Crippen LogP contribution >= 0.6 is 0 Å². The molecule has 0 spiro atoms. The minimum atomic E-state index is -0.0659. The lowest BCUT2D eigenvalue weighted by Gasteiger charge is -1.95. The molecule has 0 aromatic carbocycles. The Morgan fingerprint density at radius 3 is 2.89 bits per heavy atom. The molecule has 5 heteroatoms. The maximum absolute atomic E-state index is 9.07. The number of hydrogen-bond donors (Lipinski definition) is 0. The summed E-state index contributed by atoms with van der Waals surface area (Å²) in [5.74, 6) is 1.22. The molecule has 0 radical (unpaired) electrons. The summed E-state index contributed by atoms with van der Waals surface area (Å²) >= 11 is 0. The Hall–Kier alpha value is -2.22. The quantitative estimate of drug-likeness (QED) is 0.840. The molecule has 0 saturated heterocycles. The van der Waals surface area contributed by atoms with Gasteiger partial charge in [-0.15, -0.1) is 0 Å². The second-order valence-electron chi connectivity index (χ2n) is 5.45. The van der Waals surface area contributed by atoms with Gasteiger partial charge < -0.3 is 4.52 Å². The number of pyridine rings is 1. The molecular weight excluding hydrogens is 240 g/mol. The number of nitriles is 1. The van der Waals surface area contributed by atoms with Crippen LogP contribution in [0.25, 0.3) is 0 Å². The maximum Gasteiger partial charge on any atom is 0.231 e. The molecule has 3 rings (SSSR count). The normalized spacial score (nSPS) is 23.8. The largest absolute Gasteiger partial charge is 0.339 e. The van der Waals surface area contributed by atoms with Crippen LogP contribution in [-0.2, 0) is 6.42 Å². The van der Waals surface area contributed by atoms with Crippen molar-refractivity contribution in [3.8, 4) is 6.07 Å². The highest BCUT2D eigenvalue weighted by Crippen LogP contribution is 2.63. The van der Waals surface area contributed by atoms with Crippen LogP contribution in [0.5, 0.6) is 0 Å². The minimum Gasteiger partial charge on any atom is -0.339 e. The van der Waals surface area contributed by atoms with Crippen LogP contribution in [0.4, 0.5) is 0 Å². The summed E-state index contributed by atoms with van der Waals surface area (Å²) in [6.45, 7) is 4.10. The molecule has 1 fully saturated rings. The predicted octanol–water partition coefficient (Wildman–Crippen LogP) is 2.32. The van der Waals surface area contributed by atoms with Gasteiger partial charge in [0.05, 0.1) is 24.3 Å². The van der Waals surface area contributed by atoms with E-state index in [2.05, 4.69) is 21.2 Å². The molecule has 1 saturated carbocycles. The zero-order valence-electron chi connectivity index (χ0n) is 10.9. The lowest BCUT2D eigenvalue weighted by Crippen LogP contribution is -1.94. The van der Waals surface area contributed by atoms with E-state index < -0.39 is 0 Å². The van der Waals surface area contributed by atoms with Gasteiger partial charge in [-0.2, -0.15) is 10.2 Å². The molecule has 2 aromatic heterocycles. The number of aromatic nitrogens is 3. The second-order valence-corrected chi connectivity index (χ2v) is 5.45. The van der Waals surface area contributed by atoms with Crippen molar-refractivity contribution in [1.82, 2.24) is 15.1 Å². The van der Waals surface area contributed by atoms with Gasteiger partial charge in [0.1, 0.15) is 0 Å². The first-order valence-corrected chi connectivity index (χ1v) is 6.25. The van der Waals surface area contributed by atoms with E-state index in [1.807, 2.05) is 32.0 Å². The fraction of sp³-hybridized carbons (Fsp3) is 0.429. The first kappa shape index (κ1) is 11.8. The van der Waals surface area contributed by atoms with Gasteiger partial charge >= 0.3 is 0 Å². The Bertz CT molecular complexity index is 626. The Morgan fingerprint density at radius 1 is 1.42 bits per heavy atom. The van der Waals surface area contributed by atoms with Gasteiger partial charge in [0.2, 0.25) is 5.89 Å². The van der Waals surface area contributed by atoms with Gasteiger partial charge in [-0.1, -0.05) is 25.1 Å². The van der Waals surface area contributed by atoms with Gasteiger partial charge in [-0.25, -0.2) is 0 Å². The van der Waals surface area contributed by atoms with E-state index in [1.165, 1.54) is 0 Å². The summed E-state index contributed by atoms with van der Waals surface area (Å²) in [6, 6.07) is 8.02. The summed E-state index contributed by atoms with van der Waals surface area (Å²) in [4.78, 5) is 8.62. The zero-order chi connectivity index (χ0) is 13.5. The lowest BCUT2D eigenvalue weighted by atomic mass is 10.1. The van der Waals surface area contributed by atoms with Crippen LogP contribution in [0, 0.1) is 22.7 Å². The molecule has 2 heterocycles. The predicted molar refractivity (Wildman–Crippen MR) is 67.0 cm³/mol. The highest BCUT2D eigenvalue weighted by Gasteiger charge is 2.62. The molecule has 2 aromatic rings. The highest BCUT2D eigenvalue weighted by molar-refractivity contribution is 5.26. The molecule has 96 valence electrons. The fourth-order valence-corrected chi connectivity index (χ4v) is 2.47. The van der Waals surface area contributed by atoms with Crippen LogP contribution in [0.1, 0.15) is 37.2 Å². The molecule has 0 aliphatic heterocycles. The molecule has 0 N–H and O–H groups in total. The second kappa shape index (κ2) is 4.16. The summed E-state index contributed by atoms with van der Waals surface area (Å²) in [7, 11) is 0. The topological polar surface area (TPSA) is 75.6 Å². The van der Waals surface area contributed by atoms with Crippen molar-refractivity contribution in [1.29, 1.82) is 5.26 Å². The van der Waals surface area contributed by atoms with E-state index in [4.69, 9.17) is 9.78 Å². The summed E-state index contributed by atoms with van der Waals surface area (Å²) < 4.78 is 5.29. The first-order valence-electron chi connectivity index (χ1n) is 6.25.